The first-order chi connectivity index (χ1) is 12.6. The molecule has 0 aromatic carbocycles. The summed E-state index contributed by atoms with van der Waals surface area (Å²) in [6, 6.07) is 0. The number of rotatable bonds is 10. The maximum atomic E-state index is 12.8. The number of amides is 2. The minimum Gasteiger partial charge on any atom is -0.385 e. The fourth-order valence-corrected chi connectivity index (χ4v) is 2.74. The summed E-state index contributed by atoms with van der Waals surface area (Å²) >= 11 is 0. The van der Waals surface area contributed by atoms with Crippen molar-refractivity contribution in [2.45, 2.75) is 38.7 Å². The van der Waals surface area contributed by atoms with Gasteiger partial charge in [0.2, 0.25) is 5.91 Å². The molecule has 1 aliphatic heterocycles. The summed E-state index contributed by atoms with van der Waals surface area (Å²) in [5.41, 5.74) is 1.04. The summed E-state index contributed by atoms with van der Waals surface area (Å²) in [5.74, 6) is -0.304. The van der Waals surface area contributed by atoms with Gasteiger partial charge in [0.15, 0.2) is 0 Å². The van der Waals surface area contributed by atoms with Gasteiger partial charge in [-0.3, -0.25) is 14.6 Å². The van der Waals surface area contributed by atoms with Gasteiger partial charge in [0, 0.05) is 52.6 Å². The lowest BCUT2D eigenvalue weighted by Gasteiger charge is -2.25. The Labute approximate surface area is 154 Å². The molecule has 2 heterocycles. The van der Waals surface area contributed by atoms with Crippen LogP contribution in [-0.2, 0) is 14.3 Å². The normalized spacial score (nSPS) is 16.5. The minimum absolute atomic E-state index is 0.0159. The quantitative estimate of drug-likeness (QED) is 0.621. The number of carbonyl (C=O) groups excluding carboxylic acids is 2. The molecule has 1 aromatic heterocycles. The molecule has 2 rings (SSSR count). The number of aromatic nitrogens is 2. The van der Waals surface area contributed by atoms with Crippen LogP contribution in [0.4, 0.5) is 0 Å². The van der Waals surface area contributed by atoms with Gasteiger partial charge in [0.25, 0.3) is 5.91 Å². The Hall–Kier alpha value is -2.06. The molecule has 1 aliphatic rings. The van der Waals surface area contributed by atoms with Gasteiger partial charge in [-0.15, -0.1) is 0 Å². The van der Waals surface area contributed by atoms with E-state index in [4.69, 9.17) is 9.47 Å². The van der Waals surface area contributed by atoms with E-state index in [1.165, 1.54) is 6.20 Å². The number of ether oxygens (including phenoxy) is 2. The lowest BCUT2D eigenvalue weighted by atomic mass is 10.2. The molecule has 1 atom stereocenters. The summed E-state index contributed by atoms with van der Waals surface area (Å²) in [4.78, 5) is 34.7. The first-order valence-corrected chi connectivity index (χ1v) is 9.05. The predicted octanol–water partition coefficient (Wildman–Crippen LogP) is 0.949. The van der Waals surface area contributed by atoms with Gasteiger partial charge in [-0.25, -0.2) is 4.98 Å². The van der Waals surface area contributed by atoms with Crippen LogP contribution in [0.15, 0.2) is 12.4 Å². The number of nitrogens with zero attached hydrogens (tertiary/aromatic N) is 3. The number of aryl methyl sites for hydroxylation is 1. The van der Waals surface area contributed by atoms with Crippen molar-refractivity contribution in [3.8, 4) is 0 Å². The Kier molecular flexibility index (Phi) is 8.43. The Morgan fingerprint density at radius 2 is 2.23 bits per heavy atom. The Morgan fingerprint density at radius 3 is 2.88 bits per heavy atom. The van der Waals surface area contributed by atoms with E-state index in [2.05, 4.69) is 15.3 Å². The van der Waals surface area contributed by atoms with Crippen LogP contribution in [0.25, 0.3) is 0 Å². The lowest BCUT2D eigenvalue weighted by Crippen LogP contribution is -2.40. The van der Waals surface area contributed by atoms with E-state index in [1.807, 2.05) is 6.92 Å². The molecule has 144 valence electrons. The van der Waals surface area contributed by atoms with Gasteiger partial charge in [0.1, 0.15) is 5.69 Å². The number of nitrogens with one attached hydrogen (secondary N) is 1. The summed E-state index contributed by atoms with van der Waals surface area (Å²) in [6.07, 6.45) is 5.99. The van der Waals surface area contributed by atoms with E-state index in [9.17, 15) is 9.59 Å². The number of hydrogen-bond donors (Lipinski definition) is 1. The predicted molar refractivity (Wildman–Crippen MR) is 95.8 cm³/mol. The number of hydrogen-bond acceptors (Lipinski definition) is 6. The van der Waals surface area contributed by atoms with Crippen molar-refractivity contribution in [1.29, 1.82) is 0 Å². The highest BCUT2D eigenvalue weighted by Crippen LogP contribution is 2.15. The fourth-order valence-electron chi connectivity index (χ4n) is 2.74. The lowest BCUT2D eigenvalue weighted by molar-refractivity contribution is -0.121. The van der Waals surface area contributed by atoms with Gasteiger partial charge < -0.3 is 19.7 Å². The van der Waals surface area contributed by atoms with Crippen molar-refractivity contribution >= 4 is 11.8 Å². The Bertz CT molecular complexity index is 573. The highest BCUT2D eigenvalue weighted by molar-refractivity contribution is 5.92. The molecule has 0 aliphatic carbocycles. The molecule has 0 saturated carbocycles. The Morgan fingerprint density at radius 1 is 1.38 bits per heavy atom. The van der Waals surface area contributed by atoms with E-state index in [0.29, 0.717) is 26.2 Å². The van der Waals surface area contributed by atoms with Crippen LogP contribution in [0.1, 0.15) is 41.9 Å². The molecule has 1 aromatic rings. The van der Waals surface area contributed by atoms with Crippen LogP contribution >= 0.6 is 0 Å². The van der Waals surface area contributed by atoms with Crippen molar-refractivity contribution in [3.63, 3.8) is 0 Å². The summed E-state index contributed by atoms with van der Waals surface area (Å²) in [6.45, 7) is 4.50. The third kappa shape index (κ3) is 6.68. The standard InChI is InChI=1S/C18H28N4O4/c1-14-11-21-16(12-20-14)18(24)22(13-15-5-3-10-26-15)8-6-17(23)19-7-4-9-25-2/h11-12,15H,3-10,13H2,1-2H3,(H,19,23). The third-order valence-electron chi connectivity index (χ3n) is 4.19. The van der Waals surface area contributed by atoms with Gasteiger partial charge >= 0.3 is 0 Å². The summed E-state index contributed by atoms with van der Waals surface area (Å²) in [5, 5.41) is 2.84. The van der Waals surface area contributed by atoms with Gasteiger partial charge in [-0.2, -0.15) is 0 Å². The van der Waals surface area contributed by atoms with Crippen LogP contribution in [-0.4, -0.2) is 72.7 Å². The average Bonchev–Trinajstić information content (AvgIpc) is 3.15. The first-order valence-electron chi connectivity index (χ1n) is 9.05. The molecule has 8 nitrogen and oxygen atoms in total. The minimum atomic E-state index is -0.222. The summed E-state index contributed by atoms with van der Waals surface area (Å²) in [7, 11) is 1.63. The molecule has 0 spiro atoms. The van der Waals surface area contributed by atoms with Crippen LogP contribution in [0.2, 0.25) is 0 Å². The van der Waals surface area contributed by atoms with E-state index >= 15 is 0 Å². The second kappa shape index (κ2) is 10.8. The monoisotopic (exact) mass is 364 g/mol. The van der Waals surface area contributed by atoms with Crippen LogP contribution in [0, 0.1) is 6.92 Å². The smallest absolute Gasteiger partial charge is 0.274 e. The molecule has 8 heteroatoms. The van der Waals surface area contributed by atoms with Crippen LogP contribution < -0.4 is 5.32 Å². The van der Waals surface area contributed by atoms with Crippen molar-refractivity contribution in [2.75, 3.05) is 40.0 Å². The zero-order valence-corrected chi connectivity index (χ0v) is 15.6. The molecule has 1 unspecified atom stereocenters. The zero-order valence-electron chi connectivity index (χ0n) is 15.6. The van der Waals surface area contributed by atoms with Gasteiger partial charge in [0.05, 0.1) is 18.0 Å². The van der Waals surface area contributed by atoms with Crippen molar-refractivity contribution < 1.29 is 19.1 Å². The van der Waals surface area contributed by atoms with E-state index in [0.717, 1.165) is 31.6 Å². The largest absolute Gasteiger partial charge is 0.385 e. The zero-order chi connectivity index (χ0) is 18.8. The van der Waals surface area contributed by atoms with Crippen molar-refractivity contribution in [3.05, 3.63) is 23.8 Å². The molecule has 0 bridgehead atoms. The molecular weight excluding hydrogens is 336 g/mol. The van der Waals surface area contributed by atoms with E-state index in [1.54, 1.807) is 18.2 Å². The second-order valence-corrected chi connectivity index (χ2v) is 6.38. The van der Waals surface area contributed by atoms with E-state index in [-0.39, 0.29) is 30.0 Å². The van der Waals surface area contributed by atoms with Crippen molar-refractivity contribution in [1.82, 2.24) is 20.2 Å². The van der Waals surface area contributed by atoms with Crippen LogP contribution in [0.3, 0.4) is 0 Å². The van der Waals surface area contributed by atoms with Gasteiger partial charge in [-0.05, 0) is 26.2 Å². The highest BCUT2D eigenvalue weighted by atomic mass is 16.5. The molecule has 26 heavy (non-hydrogen) atoms. The highest BCUT2D eigenvalue weighted by Gasteiger charge is 2.24. The van der Waals surface area contributed by atoms with Gasteiger partial charge in [-0.1, -0.05) is 0 Å². The molecule has 1 fully saturated rings. The SMILES string of the molecule is COCCCNC(=O)CCN(CC1CCCO1)C(=O)c1cnc(C)cn1. The van der Waals surface area contributed by atoms with Crippen molar-refractivity contribution in [2.24, 2.45) is 0 Å². The maximum Gasteiger partial charge on any atom is 0.274 e. The topological polar surface area (TPSA) is 93.7 Å². The molecule has 1 saturated heterocycles. The molecule has 0 radical (unpaired) electrons. The fraction of sp³-hybridized carbons (Fsp3) is 0.667. The van der Waals surface area contributed by atoms with Crippen LogP contribution in [0.5, 0.6) is 0 Å². The Balaban J connectivity index is 1.91. The third-order valence-corrected chi connectivity index (χ3v) is 4.19. The number of methoxy groups -OCH3 is 1. The summed E-state index contributed by atoms with van der Waals surface area (Å²) < 4.78 is 10.6. The molecular formula is C18H28N4O4. The average molecular weight is 364 g/mol. The second-order valence-electron chi connectivity index (χ2n) is 6.38. The first kappa shape index (κ1) is 20.3. The van der Waals surface area contributed by atoms with E-state index < -0.39 is 0 Å². The molecule has 2 amide bonds. The number of carbonyl (C=O) groups is 2. The molecule has 1 N–H and O–H groups in total. The maximum absolute atomic E-state index is 12.8.